The molecule has 2 rings (SSSR count). The Labute approximate surface area is 147 Å². The highest BCUT2D eigenvalue weighted by atomic mass is 32.2. The summed E-state index contributed by atoms with van der Waals surface area (Å²) in [5.41, 5.74) is 2.77. The summed E-state index contributed by atoms with van der Waals surface area (Å²) in [7, 11) is -3.49. The monoisotopic (exact) mass is 364 g/mol. The van der Waals surface area contributed by atoms with Gasteiger partial charge in [-0.25, -0.2) is 12.8 Å². The Morgan fingerprint density at radius 1 is 1.12 bits per heavy atom. The number of carbonyl (C=O) groups is 1. The van der Waals surface area contributed by atoms with E-state index in [1.807, 2.05) is 19.9 Å². The number of hydrogen-bond donors (Lipinski definition) is 1. The zero-order chi connectivity index (χ0) is 18.6. The number of amides is 1. The Morgan fingerprint density at radius 2 is 1.76 bits per heavy atom. The zero-order valence-corrected chi connectivity index (χ0v) is 15.2. The molecule has 0 heterocycles. The largest absolute Gasteiger partial charge is 0.350 e. The fourth-order valence-electron chi connectivity index (χ4n) is 2.45. The maximum Gasteiger partial charge on any atom is 0.251 e. The molecule has 0 aliphatic carbocycles. The molecule has 1 amide bonds. The molecule has 2 aromatic carbocycles. The number of sulfonamides is 1. The van der Waals surface area contributed by atoms with E-state index >= 15 is 0 Å². The molecule has 0 saturated heterocycles. The Kier molecular flexibility index (Phi) is 5.79. The molecule has 0 bridgehead atoms. The third kappa shape index (κ3) is 4.79. The van der Waals surface area contributed by atoms with Crippen molar-refractivity contribution in [3.8, 4) is 0 Å². The van der Waals surface area contributed by atoms with Crippen LogP contribution < -0.4 is 9.62 Å². The fraction of sp³-hybridized carbons (Fsp3) is 0.278. The first kappa shape index (κ1) is 18.9. The number of carbonyl (C=O) groups excluding carboxylic acids is 1. The van der Waals surface area contributed by atoms with Crippen LogP contribution in [0.2, 0.25) is 0 Å². The molecule has 0 saturated carbocycles. The first-order valence-corrected chi connectivity index (χ1v) is 9.62. The predicted octanol–water partition coefficient (Wildman–Crippen LogP) is 2.64. The molecule has 0 fully saturated rings. The second-order valence-corrected chi connectivity index (χ2v) is 7.72. The van der Waals surface area contributed by atoms with Gasteiger partial charge in [-0.3, -0.25) is 9.10 Å². The number of hydrogen-bond acceptors (Lipinski definition) is 3. The molecule has 7 heteroatoms. The summed E-state index contributed by atoms with van der Waals surface area (Å²) in [5, 5.41) is 2.66. The van der Waals surface area contributed by atoms with Crippen LogP contribution in [0.5, 0.6) is 0 Å². The summed E-state index contributed by atoms with van der Waals surface area (Å²) in [6, 6.07) is 10.6. The molecule has 134 valence electrons. The Morgan fingerprint density at radius 3 is 2.36 bits per heavy atom. The molecule has 25 heavy (non-hydrogen) atoms. The minimum Gasteiger partial charge on any atom is -0.350 e. The van der Waals surface area contributed by atoms with Crippen molar-refractivity contribution in [2.24, 2.45) is 0 Å². The van der Waals surface area contributed by atoms with Gasteiger partial charge in [0.1, 0.15) is 5.82 Å². The number of anilines is 1. The lowest BCUT2D eigenvalue weighted by molar-refractivity contribution is 0.0955. The molecule has 0 atom stereocenters. The van der Waals surface area contributed by atoms with E-state index in [0.29, 0.717) is 11.3 Å². The quantitative estimate of drug-likeness (QED) is 0.857. The van der Waals surface area contributed by atoms with E-state index in [9.17, 15) is 17.6 Å². The predicted molar refractivity (Wildman–Crippen MR) is 96.8 cm³/mol. The van der Waals surface area contributed by atoms with Crippen LogP contribution in [0.1, 0.15) is 21.5 Å². The van der Waals surface area contributed by atoms with Crippen molar-refractivity contribution in [1.29, 1.82) is 0 Å². The van der Waals surface area contributed by atoms with Crippen molar-refractivity contribution in [2.45, 2.75) is 13.8 Å². The third-order valence-electron chi connectivity index (χ3n) is 3.95. The van der Waals surface area contributed by atoms with Gasteiger partial charge < -0.3 is 5.32 Å². The Hall–Kier alpha value is -2.41. The summed E-state index contributed by atoms with van der Waals surface area (Å²) in [6.07, 6.45) is 1.14. The lowest BCUT2D eigenvalue weighted by Gasteiger charge is -2.25. The summed E-state index contributed by atoms with van der Waals surface area (Å²) in [6.45, 7) is 4.02. The smallest absolute Gasteiger partial charge is 0.251 e. The van der Waals surface area contributed by atoms with Gasteiger partial charge in [-0.1, -0.05) is 12.1 Å². The molecule has 0 radical (unpaired) electrons. The fourth-order valence-corrected chi connectivity index (χ4v) is 3.42. The highest BCUT2D eigenvalue weighted by molar-refractivity contribution is 7.92. The van der Waals surface area contributed by atoms with Crippen molar-refractivity contribution in [1.82, 2.24) is 5.32 Å². The number of benzene rings is 2. The minimum atomic E-state index is -3.49. The van der Waals surface area contributed by atoms with E-state index < -0.39 is 15.8 Å². The van der Waals surface area contributed by atoms with Crippen molar-refractivity contribution in [3.63, 3.8) is 0 Å². The SMILES string of the molecule is Cc1cccc(N(CCNC(=O)c2ccc(F)cc2)S(C)(=O)=O)c1C. The van der Waals surface area contributed by atoms with E-state index in [0.717, 1.165) is 17.4 Å². The van der Waals surface area contributed by atoms with Crippen LogP contribution in [0.3, 0.4) is 0 Å². The standard InChI is InChI=1S/C18H21FN2O3S/c1-13-5-4-6-17(14(13)2)21(25(3,23)24)12-11-20-18(22)15-7-9-16(19)10-8-15/h4-10H,11-12H2,1-3H3,(H,20,22). The van der Waals surface area contributed by atoms with Crippen LogP contribution in [-0.2, 0) is 10.0 Å². The first-order chi connectivity index (χ1) is 11.7. The number of rotatable bonds is 6. The Balaban J connectivity index is 2.10. The van der Waals surface area contributed by atoms with Crippen molar-refractivity contribution in [3.05, 3.63) is 65.0 Å². The van der Waals surface area contributed by atoms with Crippen LogP contribution in [0.25, 0.3) is 0 Å². The summed E-state index contributed by atoms with van der Waals surface area (Å²) < 4.78 is 38.5. The second kappa shape index (κ2) is 7.65. The van der Waals surface area contributed by atoms with Crippen molar-refractivity contribution >= 4 is 21.6 Å². The van der Waals surface area contributed by atoms with E-state index in [1.54, 1.807) is 12.1 Å². The molecule has 0 aromatic heterocycles. The van der Waals surface area contributed by atoms with E-state index in [4.69, 9.17) is 0 Å². The van der Waals surface area contributed by atoms with Crippen LogP contribution in [0.15, 0.2) is 42.5 Å². The first-order valence-electron chi connectivity index (χ1n) is 7.78. The molecule has 1 N–H and O–H groups in total. The summed E-state index contributed by atoms with van der Waals surface area (Å²) in [4.78, 5) is 12.0. The molecule has 5 nitrogen and oxygen atoms in total. The van der Waals surface area contributed by atoms with E-state index in [-0.39, 0.29) is 19.0 Å². The number of nitrogens with one attached hydrogen (secondary N) is 1. The van der Waals surface area contributed by atoms with Gasteiger partial charge in [0.25, 0.3) is 5.91 Å². The van der Waals surface area contributed by atoms with Crippen LogP contribution >= 0.6 is 0 Å². The lowest BCUT2D eigenvalue weighted by Crippen LogP contribution is -2.38. The average molecular weight is 364 g/mol. The van der Waals surface area contributed by atoms with Gasteiger partial charge in [-0.05, 0) is 55.3 Å². The molecule has 0 spiro atoms. The molecule has 0 unspecified atom stereocenters. The molecule has 0 aliphatic heterocycles. The third-order valence-corrected chi connectivity index (χ3v) is 5.13. The number of nitrogens with zero attached hydrogens (tertiary/aromatic N) is 1. The van der Waals surface area contributed by atoms with Gasteiger partial charge in [0.15, 0.2) is 0 Å². The van der Waals surface area contributed by atoms with Gasteiger partial charge in [0.2, 0.25) is 10.0 Å². The average Bonchev–Trinajstić information content (AvgIpc) is 2.54. The van der Waals surface area contributed by atoms with Crippen LogP contribution in [-0.4, -0.2) is 33.7 Å². The lowest BCUT2D eigenvalue weighted by atomic mass is 10.1. The van der Waals surface area contributed by atoms with Crippen LogP contribution in [0.4, 0.5) is 10.1 Å². The van der Waals surface area contributed by atoms with Gasteiger partial charge in [0, 0.05) is 12.1 Å². The summed E-state index contributed by atoms with van der Waals surface area (Å²) in [5.74, 6) is -0.802. The Bertz CT molecular complexity index is 864. The number of aryl methyl sites for hydroxylation is 1. The number of halogens is 1. The topological polar surface area (TPSA) is 66.5 Å². The van der Waals surface area contributed by atoms with Gasteiger partial charge >= 0.3 is 0 Å². The van der Waals surface area contributed by atoms with Crippen molar-refractivity contribution < 1.29 is 17.6 Å². The van der Waals surface area contributed by atoms with E-state index in [1.165, 1.54) is 28.6 Å². The molecular formula is C18H21FN2O3S. The maximum atomic E-state index is 12.9. The van der Waals surface area contributed by atoms with Crippen LogP contribution in [0, 0.1) is 19.7 Å². The molecule has 2 aromatic rings. The second-order valence-electron chi connectivity index (χ2n) is 5.82. The highest BCUT2D eigenvalue weighted by Crippen LogP contribution is 2.24. The van der Waals surface area contributed by atoms with Crippen molar-refractivity contribution in [2.75, 3.05) is 23.7 Å². The van der Waals surface area contributed by atoms with Gasteiger partial charge in [-0.15, -0.1) is 0 Å². The van der Waals surface area contributed by atoms with Gasteiger partial charge in [-0.2, -0.15) is 0 Å². The maximum absolute atomic E-state index is 12.9. The molecular weight excluding hydrogens is 343 g/mol. The molecule has 0 aliphatic rings. The zero-order valence-electron chi connectivity index (χ0n) is 14.4. The normalized spacial score (nSPS) is 11.2. The van der Waals surface area contributed by atoms with E-state index in [2.05, 4.69) is 5.32 Å². The van der Waals surface area contributed by atoms with Gasteiger partial charge in [0.05, 0.1) is 18.5 Å². The summed E-state index contributed by atoms with van der Waals surface area (Å²) >= 11 is 0. The highest BCUT2D eigenvalue weighted by Gasteiger charge is 2.19. The minimum absolute atomic E-state index is 0.107.